The highest BCUT2D eigenvalue weighted by Crippen LogP contribution is 1.91. The Morgan fingerprint density at radius 3 is 2.75 bits per heavy atom. The van der Waals surface area contributed by atoms with Crippen LogP contribution in [-0.4, -0.2) is 22.5 Å². The van der Waals surface area contributed by atoms with Crippen LogP contribution in [0.25, 0.3) is 0 Å². The number of carbonyl (C=O) groups is 1. The molecular formula is C6H10Cl2N2O2. The fourth-order valence-electron chi connectivity index (χ4n) is 0.576. The zero-order valence-corrected chi connectivity index (χ0v) is 8.08. The molecule has 0 saturated carbocycles. The Kier molecular flexibility index (Phi) is 7.99. The van der Waals surface area contributed by atoms with Crippen molar-refractivity contribution in [1.29, 1.82) is 0 Å². The Balaban J connectivity index is 0. The van der Waals surface area contributed by atoms with E-state index in [1.165, 1.54) is 6.20 Å². The van der Waals surface area contributed by atoms with Crippen molar-refractivity contribution >= 4 is 30.8 Å². The number of aromatic amines is 1. The Labute approximate surface area is 82.5 Å². The van der Waals surface area contributed by atoms with Crippen LogP contribution in [0.1, 0.15) is 17.5 Å². The number of ether oxygens (including phenoxy) is 1. The Bertz CT molecular complexity index is 213. The van der Waals surface area contributed by atoms with Gasteiger partial charge in [0.1, 0.15) is 0 Å². The molecule has 0 spiro atoms. The molecular weight excluding hydrogens is 203 g/mol. The molecule has 0 fully saturated rings. The van der Waals surface area contributed by atoms with Gasteiger partial charge in [-0.2, -0.15) is 0 Å². The van der Waals surface area contributed by atoms with E-state index in [1.807, 2.05) is 0 Å². The normalized spacial score (nSPS) is 7.75. The molecule has 0 atom stereocenters. The fraction of sp³-hybridized carbons (Fsp3) is 0.333. The Morgan fingerprint density at radius 2 is 2.33 bits per heavy atom. The van der Waals surface area contributed by atoms with Crippen LogP contribution in [0.3, 0.4) is 0 Å². The first-order chi connectivity index (χ1) is 4.84. The summed E-state index contributed by atoms with van der Waals surface area (Å²) in [6.45, 7) is 2.13. The molecule has 70 valence electrons. The monoisotopic (exact) mass is 212 g/mol. The molecule has 0 unspecified atom stereocenters. The number of aromatic nitrogens is 2. The Hall–Kier alpha value is -0.740. The van der Waals surface area contributed by atoms with Crippen LogP contribution in [0.15, 0.2) is 12.4 Å². The van der Waals surface area contributed by atoms with E-state index < -0.39 is 5.97 Å². The maximum absolute atomic E-state index is 10.8. The van der Waals surface area contributed by atoms with E-state index in [4.69, 9.17) is 0 Å². The summed E-state index contributed by atoms with van der Waals surface area (Å²) in [5, 5.41) is 0. The summed E-state index contributed by atoms with van der Waals surface area (Å²) in [5.74, 6) is -0.158. The van der Waals surface area contributed by atoms with Crippen molar-refractivity contribution in [3.05, 3.63) is 18.2 Å². The zero-order chi connectivity index (χ0) is 7.40. The molecule has 1 aromatic rings. The minimum atomic E-state index is -0.410. The third kappa shape index (κ3) is 3.59. The van der Waals surface area contributed by atoms with Crippen molar-refractivity contribution < 1.29 is 9.53 Å². The van der Waals surface area contributed by atoms with E-state index in [0.717, 1.165) is 0 Å². The molecule has 0 radical (unpaired) electrons. The average molecular weight is 213 g/mol. The number of nitrogens with zero attached hydrogens (tertiary/aromatic N) is 1. The predicted molar refractivity (Wildman–Crippen MR) is 49.0 cm³/mol. The van der Waals surface area contributed by atoms with E-state index in [0.29, 0.717) is 6.61 Å². The molecule has 1 N–H and O–H groups in total. The number of rotatable bonds is 2. The minimum Gasteiger partial charge on any atom is -0.460 e. The van der Waals surface area contributed by atoms with Gasteiger partial charge in [-0.15, -0.1) is 24.8 Å². The molecule has 4 nitrogen and oxygen atoms in total. The van der Waals surface area contributed by atoms with Gasteiger partial charge in [-0.3, -0.25) is 0 Å². The molecule has 6 heteroatoms. The number of halogens is 2. The molecule has 0 aliphatic carbocycles. The summed E-state index contributed by atoms with van der Waals surface area (Å²) >= 11 is 0. The smallest absolute Gasteiger partial charge is 0.374 e. The van der Waals surface area contributed by atoms with Gasteiger partial charge in [0.25, 0.3) is 0 Å². The maximum Gasteiger partial charge on any atom is 0.374 e. The van der Waals surface area contributed by atoms with E-state index in [2.05, 4.69) is 14.7 Å². The molecule has 1 heterocycles. The lowest BCUT2D eigenvalue weighted by atomic mass is 10.6. The van der Waals surface area contributed by atoms with Gasteiger partial charge in [0, 0.05) is 12.4 Å². The second-order valence-electron chi connectivity index (χ2n) is 1.66. The summed E-state index contributed by atoms with van der Waals surface area (Å²) in [6, 6.07) is 0. The SMILES string of the molecule is CCOC(=O)c1ncc[nH]1.Cl.Cl. The lowest BCUT2D eigenvalue weighted by Crippen LogP contribution is -2.06. The van der Waals surface area contributed by atoms with Crippen LogP contribution in [0.5, 0.6) is 0 Å². The number of H-pyrrole nitrogens is 1. The fourth-order valence-corrected chi connectivity index (χ4v) is 0.576. The number of nitrogens with one attached hydrogen (secondary N) is 1. The third-order valence-electron chi connectivity index (χ3n) is 0.967. The van der Waals surface area contributed by atoms with Crippen molar-refractivity contribution in [2.24, 2.45) is 0 Å². The molecule has 0 aliphatic heterocycles. The molecule has 0 bridgehead atoms. The first-order valence-electron chi connectivity index (χ1n) is 3.01. The van der Waals surface area contributed by atoms with Crippen LogP contribution in [0.4, 0.5) is 0 Å². The molecule has 0 aromatic carbocycles. The highest BCUT2D eigenvalue weighted by molar-refractivity contribution is 5.85. The molecule has 1 rings (SSSR count). The summed E-state index contributed by atoms with van der Waals surface area (Å²) in [4.78, 5) is 17.1. The lowest BCUT2D eigenvalue weighted by Gasteiger charge is -1.95. The summed E-state index contributed by atoms with van der Waals surface area (Å²) in [7, 11) is 0. The molecule has 1 aromatic heterocycles. The van der Waals surface area contributed by atoms with Gasteiger partial charge >= 0.3 is 5.97 Å². The zero-order valence-electron chi connectivity index (χ0n) is 6.44. The predicted octanol–water partition coefficient (Wildman–Crippen LogP) is 1.43. The maximum atomic E-state index is 10.8. The van der Waals surface area contributed by atoms with Crippen molar-refractivity contribution in [1.82, 2.24) is 9.97 Å². The average Bonchev–Trinajstić information content (AvgIpc) is 2.38. The van der Waals surface area contributed by atoms with Crippen LogP contribution < -0.4 is 0 Å². The number of imidazole rings is 1. The second-order valence-corrected chi connectivity index (χ2v) is 1.66. The first kappa shape index (κ1) is 13.8. The van der Waals surface area contributed by atoms with Crippen LogP contribution >= 0.6 is 24.8 Å². The quantitative estimate of drug-likeness (QED) is 0.756. The van der Waals surface area contributed by atoms with Gasteiger partial charge in [0.2, 0.25) is 5.82 Å². The van der Waals surface area contributed by atoms with Crippen molar-refractivity contribution in [2.75, 3.05) is 6.61 Å². The van der Waals surface area contributed by atoms with E-state index in [9.17, 15) is 4.79 Å². The van der Waals surface area contributed by atoms with Crippen LogP contribution in [0, 0.1) is 0 Å². The standard InChI is InChI=1S/C6H8N2O2.2ClH/c1-2-10-6(9)5-7-3-4-8-5;;/h3-4H,2H2,1H3,(H,7,8);2*1H. The van der Waals surface area contributed by atoms with Crippen molar-refractivity contribution in [3.63, 3.8) is 0 Å². The summed E-state index contributed by atoms with van der Waals surface area (Å²) in [5.41, 5.74) is 0. The van der Waals surface area contributed by atoms with E-state index in [1.54, 1.807) is 13.1 Å². The number of esters is 1. The van der Waals surface area contributed by atoms with Crippen molar-refractivity contribution in [3.8, 4) is 0 Å². The summed E-state index contributed by atoms with van der Waals surface area (Å²) in [6.07, 6.45) is 3.08. The molecule has 0 aliphatic rings. The van der Waals surface area contributed by atoms with Crippen LogP contribution in [0.2, 0.25) is 0 Å². The van der Waals surface area contributed by atoms with Crippen molar-refractivity contribution in [2.45, 2.75) is 6.92 Å². The molecule has 12 heavy (non-hydrogen) atoms. The third-order valence-corrected chi connectivity index (χ3v) is 0.967. The molecule has 0 amide bonds. The Morgan fingerprint density at radius 1 is 1.67 bits per heavy atom. The van der Waals surface area contributed by atoms with Gasteiger partial charge < -0.3 is 9.72 Å². The topological polar surface area (TPSA) is 55.0 Å². The highest BCUT2D eigenvalue weighted by atomic mass is 35.5. The highest BCUT2D eigenvalue weighted by Gasteiger charge is 2.06. The van der Waals surface area contributed by atoms with Gasteiger partial charge in [0.15, 0.2) is 0 Å². The second kappa shape index (κ2) is 6.94. The van der Waals surface area contributed by atoms with Gasteiger partial charge in [-0.25, -0.2) is 9.78 Å². The largest absolute Gasteiger partial charge is 0.460 e. The van der Waals surface area contributed by atoms with Crippen LogP contribution in [-0.2, 0) is 4.74 Å². The first-order valence-corrected chi connectivity index (χ1v) is 3.01. The van der Waals surface area contributed by atoms with Gasteiger partial charge in [-0.1, -0.05) is 0 Å². The van der Waals surface area contributed by atoms with Gasteiger partial charge in [0.05, 0.1) is 6.61 Å². The number of hydrogen-bond acceptors (Lipinski definition) is 3. The van der Waals surface area contributed by atoms with E-state index >= 15 is 0 Å². The van der Waals surface area contributed by atoms with E-state index in [-0.39, 0.29) is 30.6 Å². The number of carbonyl (C=O) groups excluding carboxylic acids is 1. The number of hydrogen-bond donors (Lipinski definition) is 1. The minimum absolute atomic E-state index is 0. The molecule has 0 saturated heterocycles. The summed E-state index contributed by atoms with van der Waals surface area (Å²) < 4.78 is 4.65. The van der Waals surface area contributed by atoms with Gasteiger partial charge in [-0.05, 0) is 6.92 Å². The lowest BCUT2D eigenvalue weighted by molar-refractivity contribution is 0.0513.